The molecule has 124 valence electrons. The fourth-order valence-corrected chi connectivity index (χ4v) is 2.36. The third-order valence-electron chi connectivity index (χ3n) is 3.60. The van der Waals surface area contributed by atoms with Gasteiger partial charge < -0.3 is 9.84 Å². The number of hydrogen-bond donors (Lipinski definition) is 1. The van der Waals surface area contributed by atoms with E-state index in [1.807, 2.05) is 6.07 Å². The highest BCUT2D eigenvalue weighted by atomic mass is 16.5. The summed E-state index contributed by atoms with van der Waals surface area (Å²) >= 11 is 0. The van der Waals surface area contributed by atoms with Gasteiger partial charge in [0.05, 0.1) is 12.3 Å². The summed E-state index contributed by atoms with van der Waals surface area (Å²) in [6, 6.07) is 1.87. The lowest BCUT2D eigenvalue weighted by Crippen LogP contribution is -2.24. The van der Waals surface area contributed by atoms with Crippen molar-refractivity contribution in [2.45, 2.75) is 27.3 Å². The van der Waals surface area contributed by atoms with Gasteiger partial charge in [0.15, 0.2) is 0 Å². The van der Waals surface area contributed by atoms with Gasteiger partial charge in [0.25, 0.3) is 5.56 Å². The fourth-order valence-electron chi connectivity index (χ4n) is 2.36. The zero-order valence-corrected chi connectivity index (χ0v) is 13.7. The molecule has 2 heterocycles. The lowest BCUT2D eigenvalue weighted by Gasteiger charge is -2.12. The first-order chi connectivity index (χ1) is 11.4. The molecular weight excluding hydrogens is 310 g/mol. The third kappa shape index (κ3) is 2.99. The Kier molecular flexibility index (Phi) is 4.99. The van der Waals surface area contributed by atoms with E-state index in [9.17, 15) is 20.0 Å². The monoisotopic (exact) mass is 327 g/mol. The second kappa shape index (κ2) is 6.96. The van der Waals surface area contributed by atoms with Gasteiger partial charge in [-0.05, 0) is 44.6 Å². The van der Waals surface area contributed by atoms with Gasteiger partial charge in [-0.1, -0.05) is 0 Å². The molecule has 0 spiro atoms. The summed E-state index contributed by atoms with van der Waals surface area (Å²) in [5.41, 5.74) is 0.700. The molecule has 0 fully saturated rings. The fraction of sp³-hybridized carbons (Fsp3) is 0.294. The first-order valence-corrected chi connectivity index (χ1v) is 7.46. The first-order valence-electron chi connectivity index (χ1n) is 7.46. The lowest BCUT2D eigenvalue weighted by molar-refractivity contribution is -0.134. The summed E-state index contributed by atoms with van der Waals surface area (Å²) in [6.07, 6.45) is 4.63. The number of allylic oxidation sites excluding steroid dienone is 1. The number of aromatic nitrogens is 1. The minimum absolute atomic E-state index is 0.0296. The number of ether oxygens (including phenoxy) is 1. The van der Waals surface area contributed by atoms with Gasteiger partial charge in [0.2, 0.25) is 5.88 Å². The van der Waals surface area contributed by atoms with E-state index < -0.39 is 11.5 Å². The number of nitrogens with zero attached hydrogens (tertiary/aromatic N) is 3. The van der Waals surface area contributed by atoms with Crippen LogP contribution in [0.15, 0.2) is 27.6 Å². The molecule has 24 heavy (non-hydrogen) atoms. The zero-order valence-electron chi connectivity index (χ0n) is 13.7. The minimum Gasteiger partial charge on any atom is -0.494 e. The normalized spacial score (nSPS) is 14.6. The highest BCUT2D eigenvalue weighted by molar-refractivity contribution is 6.42. The van der Waals surface area contributed by atoms with Crippen LogP contribution in [-0.4, -0.2) is 28.0 Å². The van der Waals surface area contributed by atoms with Crippen molar-refractivity contribution in [1.82, 2.24) is 4.57 Å². The quantitative estimate of drug-likeness (QED) is 0.847. The van der Waals surface area contributed by atoms with Crippen LogP contribution in [0.3, 0.4) is 0 Å². The van der Waals surface area contributed by atoms with E-state index in [1.165, 1.54) is 12.2 Å². The van der Waals surface area contributed by atoms with Gasteiger partial charge in [0, 0.05) is 12.1 Å². The number of hydrogen-bond acceptors (Lipinski definition) is 6. The largest absolute Gasteiger partial charge is 0.494 e. The molecule has 0 unspecified atom stereocenters. The highest BCUT2D eigenvalue weighted by Crippen LogP contribution is 2.26. The molecule has 0 bridgehead atoms. The number of rotatable bonds is 4. The second-order valence-electron chi connectivity index (χ2n) is 5.02. The molecule has 7 nitrogen and oxygen atoms in total. The molecule has 0 saturated carbocycles. The lowest BCUT2D eigenvalue weighted by atomic mass is 10.0. The standard InChI is InChI=1S/C17H17N3O4/c1-4-20-15(21)12(10(3)13(9-18)16(20)22)8-11-6-7-14(19-11)17(23)24-5-2/h6-8,21H,4-5H2,1-3H3/b11-8-. The van der Waals surface area contributed by atoms with Crippen molar-refractivity contribution in [3.8, 4) is 11.9 Å². The van der Waals surface area contributed by atoms with E-state index in [2.05, 4.69) is 4.99 Å². The number of aliphatic imine (C=N–C) groups is 1. The van der Waals surface area contributed by atoms with Crippen LogP contribution in [-0.2, 0) is 16.1 Å². The number of pyridine rings is 1. The van der Waals surface area contributed by atoms with E-state index in [4.69, 9.17) is 4.74 Å². The molecule has 0 aliphatic carbocycles. The van der Waals surface area contributed by atoms with Crippen LogP contribution < -0.4 is 5.56 Å². The van der Waals surface area contributed by atoms with Gasteiger partial charge in [-0.25, -0.2) is 9.79 Å². The number of aromatic hydroxyl groups is 1. The first kappa shape index (κ1) is 17.2. The molecule has 0 amide bonds. The maximum absolute atomic E-state index is 12.1. The van der Waals surface area contributed by atoms with Gasteiger partial charge in [-0.15, -0.1) is 0 Å². The molecule has 1 aromatic rings. The Hall–Kier alpha value is -3.14. The Labute approximate surface area is 138 Å². The third-order valence-corrected chi connectivity index (χ3v) is 3.60. The van der Waals surface area contributed by atoms with Gasteiger partial charge in [0.1, 0.15) is 17.3 Å². The molecule has 0 aromatic carbocycles. The van der Waals surface area contributed by atoms with E-state index in [0.29, 0.717) is 16.8 Å². The number of carbonyl (C=O) groups is 1. The summed E-state index contributed by atoms with van der Waals surface area (Å²) in [4.78, 5) is 27.9. The maximum atomic E-state index is 12.1. The van der Waals surface area contributed by atoms with Crippen LogP contribution in [0, 0.1) is 18.3 Å². The van der Waals surface area contributed by atoms with Crippen molar-refractivity contribution >= 4 is 17.8 Å². The Morgan fingerprint density at radius 1 is 1.46 bits per heavy atom. The van der Waals surface area contributed by atoms with Crippen LogP contribution in [0.25, 0.3) is 6.08 Å². The summed E-state index contributed by atoms with van der Waals surface area (Å²) < 4.78 is 5.99. The van der Waals surface area contributed by atoms with Crippen molar-refractivity contribution in [2.24, 2.45) is 4.99 Å². The molecule has 2 rings (SSSR count). The molecule has 0 radical (unpaired) electrons. The average Bonchev–Trinajstić information content (AvgIpc) is 3.01. The predicted molar refractivity (Wildman–Crippen MR) is 88.7 cm³/mol. The van der Waals surface area contributed by atoms with Crippen molar-refractivity contribution in [2.75, 3.05) is 6.61 Å². The predicted octanol–water partition coefficient (Wildman–Crippen LogP) is 1.67. The Morgan fingerprint density at radius 3 is 2.75 bits per heavy atom. The number of nitriles is 1. The molecule has 1 aromatic heterocycles. The van der Waals surface area contributed by atoms with Crippen LogP contribution >= 0.6 is 0 Å². The van der Waals surface area contributed by atoms with Gasteiger partial charge >= 0.3 is 5.97 Å². The molecular formula is C17H17N3O4. The van der Waals surface area contributed by atoms with Gasteiger partial charge in [-0.3, -0.25) is 9.36 Å². The van der Waals surface area contributed by atoms with E-state index in [1.54, 1.807) is 26.8 Å². The summed E-state index contributed by atoms with van der Waals surface area (Å²) in [5, 5.41) is 19.5. The van der Waals surface area contributed by atoms with Crippen molar-refractivity contribution < 1.29 is 14.6 Å². The number of carbonyl (C=O) groups excluding carboxylic acids is 1. The molecule has 0 atom stereocenters. The van der Waals surface area contributed by atoms with Crippen LogP contribution in [0.5, 0.6) is 5.88 Å². The van der Waals surface area contributed by atoms with Crippen molar-refractivity contribution in [1.29, 1.82) is 5.26 Å². The van der Waals surface area contributed by atoms with Crippen molar-refractivity contribution in [3.05, 3.63) is 44.9 Å². The zero-order chi connectivity index (χ0) is 17.9. The van der Waals surface area contributed by atoms with E-state index in [-0.39, 0.29) is 30.3 Å². The molecule has 7 heteroatoms. The Bertz CT molecular complexity index is 883. The molecule has 1 aliphatic rings. The van der Waals surface area contributed by atoms with E-state index in [0.717, 1.165) is 4.57 Å². The topological polar surface area (TPSA) is 105 Å². The average molecular weight is 327 g/mol. The maximum Gasteiger partial charge on any atom is 0.356 e. The van der Waals surface area contributed by atoms with Gasteiger partial charge in [-0.2, -0.15) is 5.26 Å². The summed E-state index contributed by atoms with van der Waals surface area (Å²) in [7, 11) is 0. The van der Waals surface area contributed by atoms with Crippen LogP contribution in [0.2, 0.25) is 0 Å². The SMILES string of the molecule is CCOC(=O)C1=N/C(=C\c2c(C)c(C#N)c(=O)n(CC)c2O)C=C1. The summed E-state index contributed by atoms with van der Waals surface area (Å²) in [6.45, 7) is 5.45. The molecule has 1 N–H and O–H groups in total. The molecule has 0 saturated heterocycles. The second-order valence-corrected chi connectivity index (χ2v) is 5.02. The Balaban J connectivity index is 2.56. The van der Waals surface area contributed by atoms with Crippen LogP contribution in [0.1, 0.15) is 30.5 Å². The van der Waals surface area contributed by atoms with Crippen LogP contribution in [0.4, 0.5) is 0 Å². The van der Waals surface area contributed by atoms with E-state index >= 15 is 0 Å². The number of esters is 1. The summed E-state index contributed by atoms with van der Waals surface area (Å²) in [5.74, 6) is -0.769. The highest BCUT2D eigenvalue weighted by Gasteiger charge is 2.19. The molecule has 1 aliphatic heterocycles. The Morgan fingerprint density at radius 2 is 2.17 bits per heavy atom. The smallest absolute Gasteiger partial charge is 0.356 e. The minimum atomic E-state index is -0.533. The van der Waals surface area contributed by atoms with Crippen molar-refractivity contribution in [3.63, 3.8) is 0 Å².